The molecule has 0 radical (unpaired) electrons. The first-order valence-electron chi connectivity index (χ1n) is 18.1. The van der Waals surface area contributed by atoms with Crippen LogP contribution in [0, 0.1) is 29.0 Å². The molecule has 2 saturated heterocycles. The molecule has 0 spiro atoms. The molecule has 2 aromatic carbocycles. The van der Waals surface area contributed by atoms with E-state index in [4.69, 9.17) is 25.2 Å². The lowest BCUT2D eigenvalue weighted by atomic mass is 9.45. The van der Waals surface area contributed by atoms with E-state index in [-0.39, 0.29) is 23.5 Å². The van der Waals surface area contributed by atoms with Gasteiger partial charge in [-0.2, -0.15) is 0 Å². The van der Waals surface area contributed by atoms with Crippen LogP contribution in [-0.4, -0.2) is 102 Å². The first-order chi connectivity index (χ1) is 23.6. The zero-order chi connectivity index (χ0) is 34.3. The number of nitrogens with zero attached hydrogens (tertiary/aromatic N) is 6. The van der Waals surface area contributed by atoms with Crippen LogP contribution in [-0.2, 0) is 17.7 Å². The van der Waals surface area contributed by atoms with E-state index in [0.717, 1.165) is 71.0 Å². The molecule has 264 valence electrons. The number of piperazine rings is 1. The van der Waals surface area contributed by atoms with Crippen molar-refractivity contribution in [1.29, 1.82) is 0 Å². The van der Waals surface area contributed by atoms with Crippen LogP contribution in [0.1, 0.15) is 50.8 Å². The van der Waals surface area contributed by atoms with E-state index in [9.17, 15) is 9.18 Å². The number of hydrogen-bond acceptors (Lipinski definition) is 7. The van der Waals surface area contributed by atoms with E-state index in [2.05, 4.69) is 41.5 Å². The van der Waals surface area contributed by atoms with Gasteiger partial charge in [-0.3, -0.25) is 19.2 Å². The van der Waals surface area contributed by atoms with Gasteiger partial charge in [-0.15, -0.1) is 0 Å². The predicted molar refractivity (Wildman–Crippen MR) is 190 cm³/mol. The third-order valence-electron chi connectivity index (χ3n) is 12.3. The monoisotopic (exact) mass is 673 g/mol. The van der Waals surface area contributed by atoms with Crippen LogP contribution < -0.4 is 16.0 Å². The number of fused-ring (bicyclic) bond motifs is 3. The molecule has 3 heterocycles. The maximum absolute atomic E-state index is 14.6. The lowest BCUT2D eigenvalue weighted by molar-refractivity contribution is -0.108. The topological polar surface area (TPSA) is 101 Å². The third-order valence-corrected chi connectivity index (χ3v) is 12.3. The Hall–Kier alpha value is -3.54. The Balaban J connectivity index is 1.11. The molecular formula is C38H52FN7O3. The van der Waals surface area contributed by atoms with Gasteiger partial charge < -0.3 is 20.1 Å². The van der Waals surface area contributed by atoms with Crippen molar-refractivity contribution in [2.24, 2.45) is 33.9 Å². The zero-order valence-electron chi connectivity index (χ0n) is 29.5. The van der Waals surface area contributed by atoms with Crippen molar-refractivity contribution >= 4 is 16.9 Å². The van der Waals surface area contributed by atoms with Crippen LogP contribution >= 0.6 is 0 Å². The fourth-order valence-corrected chi connectivity index (χ4v) is 8.89. The SMILES string of the molecule is COc1ccc(CCn2cnc3cc(C4CN(CCN5CCOCC5)CCN4C(N)=N[C@H]4C[C@@H]5C[C@H]([C@@H]4C)C5(C)C)ccc3c2=O)c(F)c1. The van der Waals surface area contributed by atoms with Crippen LogP contribution in [0.4, 0.5) is 4.39 Å². The van der Waals surface area contributed by atoms with Crippen LogP contribution in [0.3, 0.4) is 0 Å². The molecule has 49 heavy (non-hydrogen) atoms. The van der Waals surface area contributed by atoms with E-state index >= 15 is 0 Å². The number of aliphatic imine (C=N–C) groups is 1. The quantitative estimate of drug-likeness (QED) is 0.267. The van der Waals surface area contributed by atoms with Crippen molar-refractivity contribution in [3.8, 4) is 5.75 Å². The highest BCUT2D eigenvalue weighted by Gasteiger charge is 2.56. The average molecular weight is 674 g/mol. The molecule has 3 aromatic rings. The van der Waals surface area contributed by atoms with Gasteiger partial charge in [-0.25, -0.2) is 14.4 Å². The summed E-state index contributed by atoms with van der Waals surface area (Å²) in [5.41, 5.74) is 9.46. The van der Waals surface area contributed by atoms with Gasteiger partial charge in [-0.05, 0) is 71.8 Å². The Morgan fingerprint density at radius 3 is 2.59 bits per heavy atom. The molecule has 5 fully saturated rings. The summed E-state index contributed by atoms with van der Waals surface area (Å²) in [6.45, 7) is 15.6. The van der Waals surface area contributed by atoms with Crippen LogP contribution in [0.25, 0.3) is 10.9 Å². The number of rotatable bonds is 9. The molecule has 8 rings (SSSR count). The third kappa shape index (κ3) is 6.81. The summed E-state index contributed by atoms with van der Waals surface area (Å²) in [6.07, 6.45) is 4.37. The van der Waals surface area contributed by atoms with E-state index in [1.54, 1.807) is 23.0 Å². The second-order valence-electron chi connectivity index (χ2n) is 15.2. The van der Waals surface area contributed by atoms with Crippen molar-refractivity contribution in [1.82, 2.24) is 24.3 Å². The first kappa shape index (κ1) is 33.9. The van der Waals surface area contributed by atoms with E-state index in [1.165, 1.54) is 19.6 Å². The maximum Gasteiger partial charge on any atom is 0.261 e. The van der Waals surface area contributed by atoms with Crippen LogP contribution in [0.5, 0.6) is 5.75 Å². The van der Waals surface area contributed by atoms with Crippen molar-refractivity contribution in [2.45, 2.75) is 58.7 Å². The van der Waals surface area contributed by atoms with Crippen LogP contribution in [0.15, 0.2) is 52.5 Å². The number of hydrogen-bond donors (Lipinski definition) is 1. The van der Waals surface area contributed by atoms with Crippen molar-refractivity contribution < 1.29 is 13.9 Å². The van der Waals surface area contributed by atoms with E-state index < -0.39 is 0 Å². The minimum Gasteiger partial charge on any atom is -0.497 e. The van der Waals surface area contributed by atoms with Crippen molar-refractivity contribution in [3.05, 3.63) is 70.0 Å². The molecule has 1 aromatic heterocycles. The number of nitrogens with two attached hydrogens (primary N) is 1. The maximum atomic E-state index is 14.6. The Kier molecular flexibility index (Phi) is 9.69. The summed E-state index contributed by atoms with van der Waals surface area (Å²) in [5, 5.41) is 0.549. The van der Waals surface area contributed by atoms with Gasteiger partial charge in [0, 0.05) is 58.4 Å². The number of methoxy groups -OCH3 is 1. The molecule has 0 amide bonds. The number of guanidine groups is 1. The Morgan fingerprint density at radius 1 is 1.06 bits per heavy atom. The average Bonchev–Trinajstić information content (AvgIpc) is 3.11. The molecule has 3 aliphatic carbocycles. The number of aromatic nitrogens is 2. The van der Waals surface area contributed by atoms with Gasteiger partial charge in [0.2, 0.25) is 0 Å². The predicted octanol–water partition coefficient (Wildman–Crippen LogP) is 4.16. The molecule has 2 N–H and O–H groups in total. The van der Waals surface area contributed by atoms with Crippen LogP contribution in [0.2, 0.25) is 0 Å². The van der Waals surface area contributed by atoms with E-state index in [1.807, 2.05) is 12.1 Å². The largest absolute Gasteiger partial charge is 0.497 e. The number of ether oxygens (including phenoxy) is 2. The van der Waals surface area contributed by atoms with Gasteiger partial charge in [0.15, 0.2) is 5.96 Å². The highest BCUT2D eigenvalue weighted by molar-refractivity contribution is 5.81. The molecule has 1 unspecified atom stereocenters. The molecule has 5 atom stereocenters. The Morgan fingerprint density at radius 2 is 1.86 bits per heavy atom. The Bertz CT molecular complexity index is 1740. The normalized spacial score (nSPS) is 27.7. The first-order valence-corrected chi connectivity index (χ1v) is 18.1. The molecule has 5 aliphatic rings. The molecule has 11 heteroatoms. The summed E-state index contributed by atoms with van der Waals surface area (Å²) < 4.78 is 26.8. The standard InChI is InChI=1S/C38H52FN7O3/c1-25-31-20-28(38(31,2)3)21-33(25)42-37(40)46-14-13-44(12-11-43-15-17-49-18-16-43)23-35(46)27-6-8-30-34(19-27)41-24-45(36(30)47)10-9-26-5-7-29(48-4)22-32(26)39/h5-8,19,22,24-25,28,31,33,35H,9-18,20-21,23H2,1-4H3,(H2,40,42)/t25-,28-,31+,33-,35?/m0/s1. The minimum absolute atomic E-state index is 0.0151. The smallest absolute Gasteiger partial charge is 0.261 e. The van der Waals surface area contributed by atoms with Gasteiger partial charge >= 0.3 is 0 Å². The zero-order valence-corrected chi connectivity index (χ0v) is 29.5. The molecule has 2 bridgehead atoms. The lowest BCUT2D eigenvalue weighted by Gasteiger charge is -2.61. The van der Waals surface area contributed by atoms with Crippen molar-refractivity contribution in [3.63, 3.8) is 0 Å². The van der Waals surface area contributed by atoms with Gasteiger partial charge in [0.1, 0.15) is 11.6 Å². The lowest BCUT2D eigenvalue weighted by Crippen LogP contribution is -2.57. The Labute approximate surface area is 289 Å². The molecule has 2 aliphatic heterocycles. The summed E-state index contributed by atoms with van der Waals surface area (Å²) >= 11 is 0. The number of morpholine rings is 1. The fraction of sp³-hybridized carbons (Fsp3) is 0.605. The summed E-state index contributed by atoms with van der Waals surface area (Å²) in [6, 6.07) is 11.0. The fourth-order valence-electron chi connectivity index (χ4n) is 8.89. The van der Waals surface area contributed by atoms with Gasteiger partial charge in [0.25, 0.3) is 5.56 Å². The minimum atomic E-state index is -0.344. The van der Waals surface area contributed by atoms with Gasteiger partial charge in [-0.1, -0.05) is 32.9 Å². The van der Waals surface area contributed by atoms with Gasteiger partial charge in [0.05, 0.1) is 49.6 Å². The summed E-state index contributed by atoms with van der Waals surface area (Å²) in [4.78, 5) is 30.8. The van der Waals surface area contributed by atoms with E-state index in [0.29, 0.717) is 64.3 Å². The molecular weight excluding hydrogens is 621 g/mol. The number of aryl methyl sites for hydroxylation is 2. The summed E-state index contributed by atoms with van der Waals surface area (Å²) in [7, 11) is 1.51. The highest BCUT2D eigenvalue weighted by atomic mass is 19.1. The highest BCUT2D eigenvalue weighted by Crippen LogP contribution is 2.61. The number of benzene rings is 2. The molecule has 10 nitrogen and oxygen atoms in total. The molecule has 3 saturated carbocycles. The van der Waals surface area contributed by atoms with Crippen molar-refractivity contribution in [2.75, 3.05) is 66.1 Å². The second kappa shape index (κ2) is 14.0. The number of halogens is 1. The summed E-state index contributed by atoms with van der Waals surface area (Å²) in [5.74, 6) is 2.68. The second-order valence-corrected chi connectivity index (χ2v) is 15.2.